The second-order valence-corrected chi connectivity index (χ2v) is 10.3. The van der Waals surface area contributed by atoms with Crippen molar-refractivity contribution < 1.29 is 18.0 Å². The van der Waals surface area contributed by atoms with E-state index in [1.165, 1.54) is 29.5 Å². The fourth-order valence-electron chi connectivity index (χ4n) is 3.00. The van der Waals surface area contributed by atoms with Gasteiger partial charge in [-0.2, -0.15) is 0 Å². The molecule has 2 unspecified atom stereocenters. The molecule has 0 aromatic heterocycles. The summed E-state index contributed by atoms with van der Waals surface area (Å²) in [6.07, 6.45) is 0.928. The van der Waals surface area contributed by atoms with Crippen LogP contribution in [0.25, 0.3) is 0 Å². The predicted octanol–water partition coefficient (Wildman–Crippen LogP) is 2.07. The van der Waals surface area contributed by atoms with Crippen LogP contribution < -0.4 is 16.0 Å². The van der Waals surface area contributed by atoms with E-state index in [1.54, 1.807) is 12.1 Å². The van der Waals surface area contributed by atoms with Gasteiger partial charge in [-0.25, -0.2) is 8.42 Å². The summed E-state index contributed by atoms with van der Waals surface area (Å²) in [4.78, 5) is 24.7. The predicted molar refractivity (Wildman–Crippen MR) is 119 cm³/mol. The number of sulfone groups is 1. The molecular formula is C21H25N3O4S2. The summed E-state index contributed by atoms with van der Waals surface area (Å²) in [5.74, 6) is -0.653. The Balaban J connectivity index is 1.51. The summed E-state index contributed by atoms with van der Waals surface area (Å²) in [7, 11) is -3.79. The zero-order chi connectivity index (χ0) is 21.7. The molecule has 3 rings (SSSR count). The van der Waals surface area contributed by atoms with Gasteiger partial charge in [0.25, 0.3) is 0 Å². The van der Waals surface area contributed by atoms with Crippen LogP contribution in [-0.4, -0.2) is 43.3 Å². The van der Waals surface area contributed by atoms with Gasteiger partial charge >= 0.3 is 0 Å². The molecule has 0 radical (unpaired) electrons. The number of amides is 2. The molecular weight excluding hydrogens is 422 g/mol. The van der Waals surface area contributed by atoms with Gasteiger partial charge in [-0.1, -0.05) is 36.8 Å². The van der Waals surface area contributed by atoms with Gasteiger partial charge in [-0.15, -0.1) is 11.8 Å². The van der Waals surface area contributed by atoms with Gasteiger partial charge < -0.3 is 10.6 Å². The number of nitrogens with one attached hydrogen (secondary N) is 3. The smallest absolute Gasteiger partial charge is 0.241 e. The molecule has 1 heterocycles. The Hall–Kier alpha value is -2.36. The van der Waals surface area contributed by atoms with Crippen LogP contribution in [0.15, 0.2) is 53.4 Å². The van der Waals surface area contributed by atoms with Gasteiger partial charge in [0.1, 0.15) is 5.50 Å². The molecule has 7 nitrogen and oxygen atoms in total. The van der Waals surface area contributed by atoms with Gasteiger partial charge in [0.05, 0.1) is 10.6 Å². The van der Waals surface area contributed by atoms with Gasteiger partial charge in [0.2, 0.25) is 11.8 Å². The minimum Gasteiger partial charge on any atom is -0.331 e. The van der Waals surface area contributed by atoms with E-state index in [0.717, 1.165) is 12.0 Å². The first-order valence-corrected chi connectivity index (χ1v) is 12.2. The van der Waals surface area contributed by atoms with E-state index in [9.17, 15) is 18.0 Å². The Morgan fingerprint density at radius 2 is 1.80 bits per heavy atom. The molecule has 160 valence electrons. The first kappa shape index (κ1) is 22.3. The van der Waals surface area contributed by atoms with Crippen LogP contribution in [0.5, 0.6) is 0 Å². The first-order chi connectivity index (χ1) is 14.3. The molecule has 0 bridgehead atoms. The van der Waals surface area contributed by atoms with E-state index < -0.39 is 26.5 Å². The zero-order valence-corrected chi connectivity index (χ0v) is 18.5. The maximum absolute atomic E-state index is 12.8. The van der Waals surface area contributed by atoms with E-state index in [1.807, 2.05) is 31.2 Å². The number of aryl methyl sites for hydroxylation is 2. The Morgan fingerprint density at radius 3 is 2.40 bits per heavy atom. The maximum Gasteiger partial charge on any atom is 0.241 e. The molecule has 2 amide bonds. The second-order valence-electron chi connectivity index (χ2n) is 7.05. The topological polar surface area (TPSA) is 104 Å². The van der Waals surface area contributed by atoms with Crippen LogP contribution in [0.3, 0.4) is 0 Å². The molecule has 1 aliphatic rings. The largest absolute Gasteiger partial charge is 0.331 e. The van der Waals surface area contributed by atoms with E-state index >= 15 is 0 Å². The quantitative estimate of drug-likeness (QED) is 0.600. The van der Waals surface area contributed by atoms with Crippen molar-refractivity contribution in [3.63, 3.8) is 0 Å². The molecule has 1 aliphatic heterocycles. The normalized spacial score (nSPS) is 19.2. The fraction of sp³-hybridized carbons (Fsp3) is 0.333. The summed E-state index contributed by atoms with van der Waals surface area (Å²) in [6.45, 7) is 3.91. The van der Waals surface area contributed by atoms with Crippen LogP contribution in [0, 0.1) is 6.92 Å². The highest BCUT2D eigenvalue weighted by molar-refractivity contribution is 8.00. The number of benzene rings is 2. The molecule has 0 spiro atoms. The number of thioether (sulfide) groups is 1. The molecule has 1 saturated heterocycles. The Kier molecular flexibility index (Phi) is 7.17. The van der Waals surface area contributed by atoms with Gasteiger partial charge in [0, 0.05) is 12.2 Å². The highest BCUT2D eigenvalue weighted by Crippen LogP contribution is 2.20. The zero-order valence-electron chi connectivity index (χ0n) is 16.8. The second kappa shape index (κ2) is 9.63. The van der Waals surface area contributed by atoms with Crippen molar-refractivity contribution in [2.24, 2.45) is 0 Å². The number of carbonyl (C=O) groups is 2. The van der Waals surface area contributed by atoms with E-state index in [0.29, 0.717) is 5.69 Å². The molecule has 1 fully saturated rings. The maximum atomic E-state index is 12.8. The molecule has 2 aromatic rings. The number of carbonyl (C=O) groups excluding carboxylic acids is 2. The molecule has 9 heteroatoms. The van der Waals surface area contributed by atoms with Crippen molar-refractivity contribution in [2.75, 3.05) is 17.6 Å². The lowest BCUT2D eigenvalue weighted by atomic mass is 10.1. The van der Waals surface area contributed by atoms with Crippen LogP contribution in [0.2, 0.25) is 0 Å². The Labute approximate surface area is 180 Å². The summed E-state index contributed by atoms with van der Waals surface area (Å²) in [5.41, 5.74) is 2.31. The summed E-state index contributed by atoms with van der Waals surface area (Å²) in [5, 5.41) is 7.24. The van der Waals surface area contributed by atoms with E-state index in [-0.39, 0.29) is 23.1 Å². The summed E-state index contributed by atoms with van der Waals surface area (Å²) >= 11 is 1.20. The third-order valence-corrected chi connectivity index (χ3v) is 7.91. The third-order valence-electron chi connectivity index (χ3n) is 4.81. The lowest BCUT2D eigenvalue weighted by molar-refractivity contribution is -0.122. The molecule has 0 aliphatic carbocycles. The van der Waals surface area contributed by atoms with Gasteiger partial charge in [-0.05, 0) is 43.2 Å². The van der Waals surface area contributed by atoms with Gasteiger partial charge in [-0.3, -0.25) is 14.9 Å². The van der Waals surface area contributed by atoms with Crippen molar-refractivity contribution in [3.05, 3.63) is 59.7 Å². The van der Waals surface area contributed by atoms with Crippen molar-refractivity contribution in [1.82, 2.24) is 10.6 Å². The highest BCUT2D eigenvalue weighted by Gasteiger charge is 2.38. The number of anilines is 1. The van der Waals surface area contributed by atoms with E-state index in [2.05, 4.69) is 22.9 Å². The first-order valence-electron chi connectivity index (χ1n) is 9.64. The molecule has 2 atom stereocenters. The lowest BCUT2D eigenvalue weighted by Crippen LogP contribution is -2.59. The SMILES string of the molecule is CCc1ccc(NC(=O)CSC2NCC(S(=O)(=O)c3ccc(C)cc3)C(=O)N2)cc1. The third kappa shape index (κ3) is 5.41. The molecule has 0 saturated carbocycles. The summed E-state index contributed by atoms with van der Waals surface area (Å²) in [6, 6.07) is 14.0. The standard InChI is InChI=1S/C21H25N3O4S2/c1-3-15-6-8-16(9-7-15)23-19(25)13-29-21-22-12-18(20(26)24-21)30(27,28)17-10-4-14(2)5-11-17/h4-11,18,21-22H,3,12-13H2,1-2H3,(H,23,25)(H,24,26). The molecule has 30 heavy (non-hydrogen) atoms. The fourth-order valence-corrected chi connectivity index (χ4v) is 5.32. The van der Waals surface area contributed by atoms with Crippen LogP contribution in [0.1, 0.15) is 18.1 Å². The van der Waals surface area contributed by atoms with E-state index in [4.69, 9.17) is 0 Å². The van der Waals surface area contributed by atoms with Gasteiger partial charge in [0.15, 0.2) is 15.1 Å². The van der Waals surface area contributed by atoms with Crippen molar-refractivity contribution in [1.29, 1.82) is 0 Å². The van der Waals surface area contributed by atoms with Crippen LogP contribution in [-0.2, 0) is 25.8 Å². The number of hydrogen-bond acceptors (Lipinski definition) is 6. The molecule has 3 N–H and O–H groups in total. The minimum atomic E-state index is -3.79. The highest BCUT2D eigenvalue weighted by atomic mass is 32.2. The average Bonchev–Trinajstić information content (AvgIpc) is 2.73. The van der Waals surface area contributed by atoms with Crippen LogP contribution >= 0.6 is 11.8 Å². The average molecular weight is 448 g/mol. The Bertz CT molecular complexity index is 1010. The Morgan fingerprint density at radius 1 is 1.13 bits per heavy atom. The number of rotatable bonds is 7. The monoisotopic (exact) mass is 447 g/mol. The van der Waals surface area contributed by atoms with Crippen molar-refractivity contribution >= 4 is 39.1 Å². The van der Waals surface area contributed by atoms with Crippen LogP contribution in [0.4, 0.5) is 5.69 Å². The van der Waals surface area contributed by atoms with Crippen molar-refractivity contribution in [3.8, 4) is 0 Å². The summed E-state index contributed by atoms with van der Waals surface area (Å²) < 4.78 is 25.5. The molecule has 2 aromatic carbocycles. The number of hydrogen-bond donors (Lipinski definition) is 3. The minimum absolute atomic E-state index is 0.0141. The lowest BCUT2D eigenvalue weighted by Gasteiger charge is -2.29. The van der Waals surface area contributed by atoms with Crippen molar-refractivity contribution in [2.45, 2.75) is 35.9 Å².